The first-order valence-corrected chi connectivity index (χ1v) is 35.9. The van der Waals surface area contributed by atoms with Crippen molar-refractivity contribution >= 4 is 66.4 Å². The Morgan fingerprint density at radius 2 is 0.378 bits per heavy atom. The minimum atomic E-state index is -0.0336. The molecule has 2 heteroatoms. The minimum Gasteiger partial charge on any atom is -0.310 e. The molecule has 0 aromatic heterocycles. The van der Waals surface area contributed by atoms with Crippen molar-refractivity contribution in [3.63, 3.8) is 0 Å². The van der Waals surface area contributed by atoms with Crippen molar-refractivity contribution in [3.05, 3.63) is 263 Å². The van der Waals surface area contributed by atoms with Gasteiger partial charge in [-0.1, -0.05) is 324 Å². The van der Waals surface area contributed by atoms with E-state index in [1.807, 2.05) is 0 Å². The van der Waals surface area contributed by atoms with E-state index in [0.717, 1.165) is 34.1 Å². The number of benzene rings is 12. The summed E-state index contributed by atoms with van der Waals surface area (Å²) >= 11 is 0. The lowest BCUT2D eigenvalue weighted by molar-refractivity contribution is 0.568. The van der Waals surface area contributed by atoms with Gasteiger partial charge in [-0.2, -0.15) is 0 Å². The van der Waals surface area contributed by atoms with Gasteiger partial charge in [-0.15, -0.1) is 0 Å². The van der Waals surface area contributed by atoms with Gasteiger partial charge < -0.3 is 9.80 Å². The molecular formula is C96H108N2. The number of hydrogen-bond acceptors (Lipinski definition) is 2. The van der Waals surface area contributed by atoms with E-state index >= 15 is 0 Å². The SMILES string of the molecule is CC(C)(C)c1cc(-c2cccc(N(c3cccc(-c4cc(C(C)(C)C)cc(C(C)(C)C)c4)c3)c3ccc4ccc5c(N(c6cccc(-c7cc(C(C)(C)C)cc(C(C)(C)C)c7)c6)c6cccc(-c7cc(C(C)(C)C)cc(C(C)(C)C)c7)c6)ccc6ccc3c4c65)c2)cc(C(C)(C)C)c1. The van der Waals surface area contributed by atoms with E-state index in [-0.39, 0.29) is 43.3 Å². The predicted molar refractivity (Wildman–Crippen MR) is 431 cm³/mol. The first-order valence-electron chi connectivity index (χ1n) is 35.9. The summed E-state index contributed by atoms with van der Waals surface area (Å²) in [5.41, 5.74) is 26.8. The fourth-order valence-electron chi connectivity index (χ4n) is 14.0. The normalized spacial score (nSPS) is 13.1. The number of anilines is 6. The van der Waals surface area contributed by atoms with Gasteiger partial charge in [0.25, 0.3) is 0 Å². The van der Waals surface area contributed by atoms with Gasteiger partial charge in [-0.05, 0) is 215 Å². The van der Waals surface area contributed by atoms with Gasteiger partial charge in [0.15, 0.2) is 0 Å². The quantitative estimate of drug-likeness (QED) is 0.126. The van der Waals surface area contributed by atoms with Crippen molar-refractivity contribution in [3.8, 4) is 44.5 Å². The average Bonchev–Trinajstić information content (AvgIpc) is 0.718. The van der Waals surface area contributed by atoms with Gasteiger partial charge in [0, 0.05) is 33.5 Å². The van der Waals surface area contributed by atoms with Gasteiger partial charge in [0.05, 0.1) is 11.4 Å². The zero-order valence-corrected chi connectivity index (χ0v) is 63.7. The van der Waals surface area contributed by atoms with Crippen LogP contribution < -0.4 is 9.80 Å². The van der Waals surface area contributed by atoms with Crippen molar-refractivity contribution in [1.82, 2.24) is 0 Å². The highest BCUT2D eigenvalue weighted by Gasteiger charge is 2.29. The standard InChI is InChI=1S/C96H108N2/c1-89(2,3)71-45-67(46-72(57-71)90(4,5)6)63-29-25-33-79(53-63)97(80-34-26-30-64(54-80)68-47-73(91(7,8)9)58-74(48-68)92(10,11)12)85-43-39-61-38-42-84-86(44-40-62-37-41-83(85)87(61)88(62)84)98(81-35-27-31-65(55-81)69-49-75(93(13,14)15)59-76(50-69)94(16,17)18)82-36-28-32-66(56-82)70-51-77(95(19,20)21)60-78(52-70)96(22,23)24/h25-60H,1-24H3. The Morgan fingerprint density at radius 1 is 0.184 bits per heavy atom. The molecule has 0 aliphatic heterocycles. The molecule has 12 rings (SSSR count). The van der Waals surface area contributed by atoms with E-state index < -0.39 is 0 Å². The molecule has 0 radical (unpaired) electrons. The molecule has 12 aromatic rings. The van der Waals surface area contributed by atoms with Crippen LogP contribution in [0.1, 0.15) is 211 Å². The second-order valence-electron chi connectivity index (χ2n) is 36.7. The first-order chi connectivity index (χ1) is 45.6. The molecule has 0 unspecified atom stereocenters. The van der Waals surface area contributed by atoms with Crippen LogP contribution in [0.3, 0.4) is 0 Å². The first kappa shape index (κ1) is 69.2. The maximum absolute atomic E-state index is 2.54. The summed E-state index contributed by atoms with van der Waals surface area (Å²) in [6, 6.07) is 85.4. The highest BCUT2D eigenvalue weighted by molar-refractivity contribution is 6.28. The molecular weight excluding hydrogens is 1180 g/mol. The van der Waals surface area contributed by atoms with Crippen molar-refractivity contribution in [2.45, 2.75) is 209 Å². The summed E-state index contributed by atoms with van der Waals surface area (Å²) in [7, 11) is 0. The summed E-state index contributed by atoms with van der Waals surface area (Å²) in [4.78, 5) is 5.08. The van der Waals surface area contributed by atoms with Gasteiger partial charge in [0.1, 0.15) is 0 Å². The van der Waals surface area contributed by atoms with Crippen LogP contribution in [0.4, 0.5) is 34.1 Å². The van der Waals surface area contributed by atoms with E-state index in [1.54, 1.807) is 0 Å². The lowest BCUT2D eigenvalue weighted by Crippen LogP contribution is -2.16. The Morgan fingerprint density at radius 3 is 0.571 bits per heavy atom. The molecule has 0 fully saturated rings. The predicted octanol–water partition coefficient (Wildman–Crippen LogP) is 28.6. The molecule has 0 saturated carbocycles. The average molecular weight is 1290 g/mol. The molecule has 98 heavy (non-hydrogen) atoms. The largest absolute Gasteiger partial charge is 0.310 e. The third-order valence-corrected chi connectivity index (χ3v) is 20.5. The van der Waals surface area contributed by atoms with Crippen molar-refractivity contribution in [2.24, 2.45) is 0 Å². The zero-order valence-electron chi connectivity index (χ0n) is 63.7. The fourth-order valence-corrected chi connectivity index (χ4v) is 14.0. The summed E-state index contributed by atoms with van der Waals surface area (Å²) in [5, 5.41) is 7.31. The monoisotopic (exact) mass is 1290 g/mol. The molecule has 0 heterocycles. The Balaban J connectivity index is 1.11. The third kappa shape index (κ3) is 14.0. The summed E-state index contributed by atoms with van der Waals surface area (Å²) in [6.45, 7) is 56.0. The molecule has 0 spiro atoms. The van der Waals surface area contributed by atoms with Crippen LogP contribution >= 0.6 is 0 Å². The second-order valence-corrected chi connectivity index (χ2v) is 36.7. The number of rotatable bonds is 10. The van der Waals surface area contributed by atoms with Crippen LogP contribution in [0.2, 0.25) is 0 Å². The molecule has 502 valence electrons. The Hall–Kier alpha value is -8.72. The lowest BCUT2D eigenvalue weighted by Gasteiger charge is -2.30. The molecule has 0 aliphatic carbocycles. The van der Waals surface area contributed by atoms with Gasteiger partial charge >= 0.3 is 0 Å². The second kappa shape index (κ2) is 24.6. The number of nitrogens with zero attached hydrogens (tertiary/aromatic N) is 2. The Kier molecular flexibility index (Phi) is 17.4. The molecule has 0 N–H and O–H groups in total. The van der Waals surface area contributed by atoms with E-state index in [4.69, 9.17) is 0 Å². The summed E-state index contributed by atoms with van der Waals surface area (Å²) in [6.07, 6.45) is 0. The molecule has 12 aromatic carbocycles. The van der Waals surface area contributed by atoms with Crippen molar-refractivity contribution in [2.75, 3.05) is 9.80 Å². The topological polar surface area (TPSA) is 6.48 Å². The lowest BCUT2D eigenvalue weighted by atomic mass is 9.79. The smallest absolute Gasteiger partial charge is 0.0540 e. The highest BCUT2D eigenvalue weighted by atomic mass is 15.2. The zero-order chi connectivity index (χ0) is 70.8. The molecule has 0 aliphatic rings. The van der Waals surface area contributed by atoms with E-state index in [2.05, 4.69) is 394 Å². The minimum absolute atomic E-state index is 0.0336. The van der Waals surface area contributed by atoms with Gasteiger partial charge in [-0.3, -0.25) is 0 Å². The van der Waals surface area contributed by atoms with Crippen LogP contribution in [-0.4, -0.2) is 0 Å². The maximum atomic E-state index is 2.54. The van der Waals surface area contributed by atoms with Crippen molar-refractivity contribution < 1.29 is 0 Å². The molecule has 0 saturated heterocycles. The third-order valence-electron chi connectivity index (χ3n) is 20.5. The maximum Gasteiger partial charge on any atom is 0.0540 e. The van der Waals surface area contributed by atoms with E-state index in [9.17, 15) is 0 Å². The van der Waals surface area contributed by atoms with Crippen LogP contribution in [0.5, 0.6) is 0 Å². The fraction of sp³-hybridized carbons (Fsp3) is 0.333. The molecule has 2 nitrogen and oxygen atoms in total. The van der Waals surface area contributed by atoms with Crippen LogP contribution in [0, 0.1) is 0 Å². The van der Waals surface area contributed by atoms with Crippen LogP contribution in [-0.2, 0) is 43.3 Å². The highest BCUT2D eigenvalue weighted by Crippen LogP contribution is 2.51. The Bertz CT molecular complexity index is 4300. The van der Waals surface area contributed by atoms with Crippen LogP contribution in [0.15, 0.2) is 218 Å². The van der Waals surface area contributed by atoms with E-state index in [0.29, 0.717) is 0 Å². The van der Waals surface area contributed by atoms with Crippen LogP contribution in [0.25, 0.3) is 76.8 Å². The number of hydrogen-bond donors (Lipinski definition) is 0. The van der Waals surface area contributed by atoms with E-state index in [1.165, 1.54) is 121 Å². The summed E-state index contributed by atoms with van der Waals surface area (Å²) < 4.78 is 0. The summed E-state index contributed by atoms with van der Waals surface area (Å²) in [5.74, 6) is 0. The van der Waals surface area contributed by atoms with Crippen molar-refractivity contribution in [1.29, 1.82) is 0 Å². The molecule has 0 amide bonds. The van der Waals surface area contributed by atoms with Gasteiger partial charge in [-0.25, -0.2) is 0 Å². The van der Waals surface area contributed by atoms with Gasteiger partial charge in [0.2, 0.25) is 0 Å². The Labute approximate surface area is 589 Å². The molecule has 0 atom stereocenters. The molecule has 0 bridgehead atoms.